The Hall–Kier alpha value is -6.25. The molecule has 0 amide bonds. The number of allylic oxidation sites excluding steroid dienone is 6. The number of hydrogen-bond acceptors (Lipinski definition) is 4. The van der Waals surface area contributed by atoms with Crippen LogP contribution in [-0.4, -0.2) is 0 Å². The van der Waals surface area contributed by atoms with Crippen molar-refractivity contribution >= 4 is 22.4 Å². The van der Waals surface area contributed by atoms with Crippen LogP contribution in [0.15, 0.2) is 22.7 Å². The fraction of sp³-hybridized carbons (Fsp3) is 0.0833. The summed E-state index contributed by atoms with van der Waals surface area (Å²) in [5, 5.41) is 38.0. The van der Waals surface area contributed by atoms with Gasteiger partial charge in [0.05, 0.1) is 61.2 Å². The lowest BCUT2D eigenvalue weighted by Gasteiger charge is -2.24. The number of nitrogens with zero attached hydrogens (tertiary/aromatic N) is 8. The maximum Gasteiger partial charge on any atom is 0.417 e. The summed E-state index contributed by atoms with van der Waals surface area (Å²) >= 11 is 0. The highest BCUT2D eigenvalue weighted by Gasteiger charge is 2.50. The van der Waals surface area contributed by atoms with Gasteiger partial charge in [-0.15, -0.1) is 0 Å². The van der Waals surface area contributed by atoms with Crippen molar-refractivity contribution in [2.75, 3.05) is 0 Å². The van der Waals surface area contributed by atoms with E-state index in [1.54, 1.807) is 0 Å². The molecule has 8 nitrogen and oxygen atoms in total. The molecular weight excluding hydrogens is 495 g/mol. The largest absolute Gasteiger partial charge is 0.417 e. The van der Waals surface area contributed by atoms with Crippen molar-refractivity contribution in [1.82, 2.24) is 0 Å². The summed E-state index contributed by atoms with van der Waals surface area (Å²) in [5.41, 5.74) is -16.2. The van der Waals surface area contributed by atoms with Crippen LogP contribution in [0.5, 0.6) is 0 Å². The third kappa shape index (κ3) is 3.27. The number of hydrogen-bond donors (Lipinski definition) is 0. The van der Waals surface area contributed by atoms with E-state index >= 15 is 0 Å². The number of rotatable bonds is 1. The van der Waals surface area contributed by atoms with Gasteiger partial charge >= 0.3 is 6.18 Å². The van der Waals surface area contributed by atoms with Crippen LogP contribution in [-0.2, 0) is 6.18 Å². The number of alkyl halides is 5. The summed E-state index contributed by atoms with van der Waals surface area (Å²) < 4.78 is 73.4. The molecule has 2 aliphatic rings. The molecule has 0 saturated heterocycles. The molecule has 1 aromatic carbocycles. The smallest absolute Gasteiger partial charge is 0.251 e. The molecule has 1 aromatic rings. The van der Waals surface area contributed by atoms with Crippen LogP contribution in [0, 0.1) is 71.6 Å². The minimum atomic E-state index is -5.54. The topological polar surface area (TPSA) is 113 Å². The van der Waals surface area contributed by atoms with Crippen molar-refractivity contribution < 1.29 is 22.0 Å². The monoisotopic (exact) mass is 496 g/mol. The molecule has 0 radical (unpaired) electrons. The Labute approximate surface area is 204 Å². The Kier molecular flexibility index (Phi) is 6.06. The molecule has 0 spiro atoms. The first-order chi connectivity index (χ1) is 17.5. The lowest BCUT2D eigenvalue weighted by Crippen LogP contribution is -2.17. The second kappa shape index (κ2) is 8.84. The van der Waals surface area contributed by atoms with Crippen molar-refractivity contribution in [1.29, 1.82) is 21.0 Å². The van der Waals surface area contributed by atoms with Gasteiger partial charge in [-0.25, -0.2) is 33.8 Å². The number of fused-ring (bicyclic) bond motifs is 2. The van der Waals surface area contributed by atoms with Crippen LogP contribution in [0.1, 0.15) is 39.8 Å². The molecule has 0 aliphatic heterocycles. The molecule has 3 rings (SSSR count). The van der Waals surface area contributed by atoms with Crippen LogP contribution in [0.4, 0.5) is 22.0 Å². The lowest BCUT2D eigenvalue weighted by molar-refractivity contribution is -0.138. The Bertz CT molecular complexity index is 1660. The molecular formula is C24HF5N8. The van der Waals surface area contributed by atoms with Gasteiger partial charge in [-0.05, 0) is 22.3 Å². The average molecular weight is 496 g/mol. The highest BCUT2D eigenvalue weighted by atomic mass is 19.4. The molecule has 0 N–H and O–H groups in total. The molecule has 13 heteroatoms. The van der Waals surface area contributed by atoms with Crippen molar-refractivity contribution in [3.8, 4) is 24.3 Å². The van der Waals surface area contributed by atoms with Crippen LogP contribution in [0.2, 0.25) is 0 Å². The van der Waals surface area contributed by atoms with Crippen LogP contribution < -0.4 is 0 Å². The molecule has 0 aromatic heterocycles. The summed E-state index contributed by atoms with van der Waals surface area (Å²) in [6.07, 6.45) is -9.24. The van der Waals surface area contributed by atoms with Gasteiger partial charge in [-0.2, -0.15) is 23.7 Å². The van der Waals surface area contributed by atoms with E-state index in [0.29, 0.717) is 0 Å². The normalized spacial score (nSPS) is 16.2. The number of benzene rings is 1. The lowest BCUT2D eigenvalue weighted by atomic mass is 9.83. The van der Waals surface area contributed by atoms with E-state index < -0.39 is 91.1 Å². The first-order valence-corrected chi connectivity index (χ1v) is 9.23. The van der Waals surface area contributed by atoms with Crippen molar-refractivity contribution in [3.63, 3.8) is 0 Å². The zero-order valence-electron chi connectivity index (χ0n) is 17.5. The maximum absolute atomic E-state index is 14.7. The van der Waals surface area contributed by atoms with E-state index in [2.05, 4.69) is 19.4 Å². The average Bonchev–Trinajstić information content (AvgIpc) is 3.35. The van der Waals surface area contributed by atoms with E-state index in [9.17, 15) is 43.0 Å². The van der Waals surface area contributed by atoms with Crippen molar-refractivity contribution in [2.24, 2.45) is 0 Å². The van der Waals surface area contributed by atoms with Gasteiger partial charge in [0.15, 0.2) is 5.70 Å². The Morgan fingerprint density at radius 2 is 1.19 bits per heavy atom. The van der Waals surface area contributed by atoms with E-state index in [1.165, 1.54) is 24.3 Å². The third-order valence-corrected chi connectivity index (χ3v) is 5.34. The van der Waals surface area contributed by atoms with Gasteiger partial charge in [-0.3, -0.25) is 4.85 Å². The first kappa shape index (κ1) is 25.4. The second-order valence-electron chi connectivity index (χ2n) is 6.88. The number of nitriles is 4. The molecule has 0 atom stereocenters. The summed E-state index contributed by atoms with van der Waals surface area (Å²) in [7, 11) is 0. The SMILES string of the molecule is [C-]#[N+]C1=C([N+]#[C-])c2c(c(C(F)(F)F)c3c(c2C(F)F)C(C#N)=C(C#N)/C3=C(\C#N)[N+]#[C-])/C1=C(\C#N)[N+]#[C-]. The van der Waals surface area contributed by atoms with Gasteiger partial charge in [0.2, 0.25) is 5.70 Å². The standard InChI is InChI=1S/C24HF5N8/c1-34-11(7-32)13-9(5-30)10(6-31)14-16(13)20(24(27,28)29)17-15(12(8-33)35-2)21(36-3)22(37-4)18(17)19(14)23(25)26/h23H/b13-11-,15-12-. The highest BCUT2D eigenvalue weighted by molar-refractivity contribution is 6.15. The fourth-order valence-corrected chi connectivity index (χ4v) is 4.19. The van der Waals surface area contributed by atoms with Crippen LogP contribution >= 0.6 is 0 Å². The summed E-state index contributed by atoms with van der Waals surface area (Å²) in [6, 6.07) is 5.36. The molecule has 0 bridgehead atoms. The van der Waals surface area contributed by atoms with E-state index in [1.807, 2.05) is 0 Å². The van der Waals surface area contributed by atoms with Crippen LogP contribution in [0.25, 0.3) is 41.8 Å². The minimum absolute atomic E-state index is 0.948. The number of halogens is 5. The highest BCUT2D eigenvalue weighted by Crippen LogP contribution is 2.59. The molecule has 37 heavy (non-hydrogen) atoms. The summed E-state index contributed by atoms with van der Waals surface area (Å²) in [5.74, 6) is 0. The third-order valence-electron chi connectivity index (χ3n) is 5.34. The zero-order valence-corrected chi connectivity index (χ0v) is 17.5. The quantitative estimate of drug-likeness (QED) is 0.258. The Morgan fingerprint density at radius 1 is 0.703 bits per heavy atom. The van der Waals surface area contributed by atoms with Gasteiger partial charge in [0.1, 0.15) is 6.07 Å². The van der Waals surface area contributed by atoms with Crippen molar-refractivity contribution in [2.45, 2.75) is 12.6 Å². The summed E-state index contributed by atoms with van der Waals surface area (Å²) in [6.45, 7) is 29.1. The Morgan fingerprint density at radius 3 is 1.57 bits per heavy atom. The Balaban J connectivity index is 2.98. The van der Waals surface area contributed by atoms with Crippen LogP contribution in [0.3, 0.4) is 0 Å². The van der Waals surface area contributed by atoms with E-state index in [-0.39, 0.29) is 0 Å². The van der Waals surface area contributed by atoms with Gasteiger partial charge in [0.25, 0.3) is 17.8 Å². The molecule has 172 valence electrons. The maximum atomic E-state index is 14.7. The molecule has 0 saturated carbocycles. The minimum Gasteiger partial charge on any atom is -0.251 e. The van der Waals surface area contributed by atoms with Gasteiger partial charge in [0, 0.05) is 16.7 Å². The predicted molar refractivity (Wildman–Crippen MR) is 113 cm³/mol. The predicted octanol–water partition coefficient (Wildman–Crippen LogP) is 6.29. The van der Waals surface area contributed by atoms with Gasteiger partial charge in [-0.1, -0.05) is 0 Å². The second-order valence-corrected chi connectivity index (χ2v) is 6.88. The van der Waals surface area contributed by atoms with Crippen molar-refractivity contribution in [3.05, 3.63) is 102 Å². The molecule has 0 unspecified atom stereocenters. The van der Waals surface area contributed by atoms with Gasteiger partial charge < -0.3 is 0 Å². The fourth-order valence-electron chi connectivity index (χ4n) is 4.19. The molecule has 0 fully saturated rings. The molecule has 0 heterocycles. The summed E-state index contributed by atoms with van der Waals surface area (Å²) in [4.78, 5) is 11.5. The first-order valence-electron chi connectivity index (χ1n) is 9.23. The zero-order chi connectivity index (χ0) is 27.8. The van der Waals surface area contributed by atoms with E-state index in [4.69, 9.17) is 26.3 Å². The molecule has 2 aliphatic carbocycles. The van der Waals surface area contributed by atoms with E-state index in [0.717, 1.165) is 0 Å².